The number of hydrogen-bond donors (Lipinski definition) is 1. The monoisotopic (exact) mass is 443 g/mol. The summed E-state index contributed by atoms with van der Waals surface area (Å²) in [5, 5.41) is -0.608. The first-order valence-electron chi connectivity index (χ1n) is 8.56. The number of carbonyl (C=O) groups is 3. The molecular weight excluding hydrogens is 422 g/mol. The van der Waals surface area contributed by atoms with Crippen molar-refractivity contribution in [3.05, 3.63) is 24.3 Å². The summed E-state index contributed by atoms with van der Waals surface area (Å²) < 4.78 is 26.4. The molecule has 1 aliphatic rings. The molecule has 1 N–H and O–H groups in total. The van der Waals surface area contributed by atoms with Crippen molar-refractivity contribution in [2.24, 2.45) is 0 Å². The Kier molecular flexibility index (Phi) is 7.18. The maximum atomic E-state index is 12.7. The molecule has 152 valence electrons. The van der Waals surface area contributed by atoms with Gasteiger partial charge in [-0.05, 0) is 38.1 Å². The molecule has 1 aliphatic heterocycles. The van der Waals surface area contributed by atoms with E-state index in [0.29, 0.717) is 17.4 Å². The lowest BCUT2D eigenvalue weighted by molar-refractivity contribution is -0.121. The van der Waals surface area contributed by atoms with Gasteiger partial charge in [-0.25, -0.2) is 18.0 Å². The molecule has 0 aromatic heterocycles. The van der Waals surface area contributed by atoms with Gasteiger partial charge in [0.1, 0.15) is 9.57 Å². The highest BCUT2D eigenvalue weighted by molar-refractivity contribution is 8.23. The average Bonchev–Trinajstić information content (AvgIpc) is 2.88. The fourth-order valence-corrected chi connectivity index (χ4v) is 5.35. The number of thioether (sulfide) groups is 1. The fourth-order valence-electron chi connectivity index (χ4n) is 2.67. The van der Waals surface area contributed by atoms with Crippen molar-refractivity contribution in [3.63, 3.8) is 0 Å². The van der Waals surface area contributed by atoms with Gasteiger partial charge >= 0.3 is 0 Å². The Morgan fingerprint density at radius 3 is 2.32 bits per heavy atom. The first-order valence-corrected chi connectivity index (χ1v) is 11.3. The van der Waals surface area contributed by atoms with E-state index in [-0.39, 0.29) is 28.8 Å². The van der Waals surface area contributed by atoms with Crippen molar-refractivity contribution in [2.75, 3.05) is 18.0 Å². The zero-order chi connectivity index (χ0) is 21.1. The number of hydrogen-bond acceptors (Lipinski definition) is 7. The lowest BCUT2D eigenvalue weighted by Gasteiger charge is -2.22. The van der Waals surface area contributed by atoms with Crippen LogP contribution in [0.2, 0.25) is 0 Å². The third-order valence-corrected chi connectivity index (χ3v) is 7.16. The second kappa shape index (κ2) is 9.01. The zero-order valence-electron chi connectivity index (χ0n) is 15.7. The largest absolute Gasteiger partial charge is 0.358 e. The first kappa shape index (κ1) is 22.3. The molecule has 0 saturated carbocycles. The number of nitrogens with zero attached hydrogens (tertiary/aromatic N) is 2. The summed E-state index contributed by atoms with van der Waals surface area (Å²) in [5.41, 5.74) is 0.272. The Balaban J connectivity index is 2.17. The predicted octanol–water partition coefficient (Wildman–Crippen LogP) is 1.50. The number of imide groups is 1. The zero-order valence-corrected chi connectivity index (χ0v) is 18.1. The van der Waals surface area contributed by atoms with Crippen LogP contribution < -0.4 is 9.62 Å². The number of sulfonamides is 1. The Hall–Kier alpha value is -1.98. The normalized spacial score (nSPS) is 17.0. The molecule has 0 spiro atoms. The molecule has 0 radical (unpaired) electrons. The van der Waals surface area contributed by atoms with E-state index in [0.717, 1.165) is 11.8 Å². The number of carbonyl (C=O) groups excluding carboxylic acids is 3. The standard InChI is InChI=1S/C17H21N3O5S3/c1-4-19(5-2)17(26)27-14-10-15(22)20(16(14)23)12-6-8-13(9-7-12)28(24,25)18-11(3)21/h6-9,14H,4-5,10H2,1-3H3,(H,18,21)/t14-/m0/s1. The molecule has 1 heterocycles. The molecule has 2 rings (SSSR count). The summed E-state index contributed by atoms with van der Waals surface area (Å²) in [6, 6.07) is 5.20. The van der Waals surface area contributed by atoms with E-state index >= 15 is 0 Å². The number of thiocarbonyl (C=S) groups is 1. The minimum atomic E-state index is -3.98. The summed E-state index contributed by atoms with van der Waals surface area (Å²) in [6.45, 7) is 6.44. The van der Waals surface area contributed by atoms with Gasteiger partial charge in [0.2, 0.25) is 17.7 Å². The molecule has 0 aliphatic carbocycles. The van der Waals surface area contributed by atoms with Crippen molar-refractivity contribution in [3.8, 4) is 0 Å². The van der Waals surface area contributed by atoms with Crippen LogP contribution in [0.4, 0.5) is 5.69 Å². The lowest BCUT2D eigenvalue weighted by atomic mass is 10.3. The van der Waals surface area contributed by atoms with E-state index in [9.17, 15) is 22.8 Å². The maximum absolute atomic E-state index is 12.7. The summed E-state index contributed by atoms with van der Waals surface area (Å²) in [5.74, 6) is -1.47. The number of benzene rings is 1. The predicted molar refractivity (Wildman–Crippen MR) is 111 cm³/mol. The van der Waals surface area contributed by atoms with Crippen molar-refractivity contribution in [2.45, 2.75) is 37.3 Å². The molecule has 0 bridgehead atoms. The molecule has 0 unspecified atom stereocenters. The maximum Gasteiger partial charge on any atom is 0.264 e. The van der Waals surface area contributed by atoms with Crippen LogP contribution in [-0.2, 0) is 24.4 Å². The average molecular weight is 444 g/mol. The Morgan fingerprint density at radius 2 is 1.82 bits per heavy atom. The summed E-state index contributed by atoms with van der Waals surface area (Å²) in [4.78, 5) is 38.9. The van der Waals surface area contributed by atoms with Gasteiger partial charge in [-0.1, -0.05) is 24.0 Å². The van der Waals surface area contributed by atoms with Crippen LogP contribution in [0.1, 0.15) is 27.2 Å². The first-order chi connectivity index (χ1) is 13.1. The number of amides is 3. The van der Waals surface area contributed by atoms with E-state index < -0.39 is 21.2 Å². The molecular formula is C17H21N3O5S3. The van der Waals surface area contributed by atoms with Gasteiger partial charge < -0.3 is 4.90 Å². The Labute approximate surface area is 173 Å². The van der Waals surface area contributed by atoms with Gasteiger partial charge in [0.15, 0.2) is 0 Å². The third kappa shape index (κ3) is 4.89. The van der Waals surface area contributed by atoms with Crippen molar-refractivity contribution in [1.82, 2.24) is 9.62 Å². The second-order valence-electron chi connectivity index (χ2n) is 5.97. The SMILES string of the molecule is CCN(CC)C(=S)S[C@H]1CC(=O)N(c2ccc(S(=O)(=O)NC(C)=O)cc2)C1=O. The van der Waals surface area contributed by atoms with Crippen LogP contribution in [0.3, 0.4) is 0 Å². The van der Waals surface area contributed by atoms with Gasteiger partial charge in [0.05, 0.1) is 10.6 Å². The minimum absolute atomic E-state index is 0.0247. The molecule has 1 saturated heterocycles. The topological polar surface area (TPSA) is 104 Å². The molecule has 1 atom stereocenters. The Bertz CT molecular complexity index is 895. The summed E-state index contributed by atoms with van der Waals surface area (Å²) in [7, 11) is -3.98. The third-order valence-electron chi connectivity index (χ3n) is 4.05. The number of rotatable bonds is 6. The van der Waals surface area contributed by atoms with Gasteiger partial charge in [-0.15, -0.1) is 0 Å². The highest BCUT2D eigenvalue weighted by atomic mass is 32.2. The number of anilines is 1. The van der Waals surface area contributed by atoms with Crippen LogP contribution in [0.15, 0.2) is 29.2 Å². The van der Waals surface area contributed by atoms with E-state index in [1.54, 1.807) is 0 Å². The molecule has 3 amide bonds. The van der Waals surface area contributed by atoms with Crippen molar-refractivity contribution < 1.29 is 22.8 Å². The van der Waals surface area contributed by atoms with Gasteiger partial charge in [-0.2, -0.15) is 0 Å². The van der Waals surface area contributed by atoms with Gasteiger partial charge in [-0.3, -0.25) is 14.4 Å². The highest BCUT2D eigenvalue weighted by Gasteiger charge is 2.41. The lowest BCUT2D eigenvalue weighted by Crippen LogP contribution is -2.33. The minimum Gasteiger partial charge on any atom is -0.358 e. The van der Waals surface area contributed by atoms with Crippen LogP contribution in [-0.4, -0.2) is 53.7 Å². The van der Waals surface area contributed by atoms with Gasteiger partial charge in [0.25, 0.3) is 10.0 Å². The Morgan fingerprint density at radius 1 is 1.25 bits per heavy atom. The van der Waals surface area contributed by atoms with E-state index in [4.69, 9.17) is 12.2 Å². The molecule has 1 fully saturated rings. The smallest absolute Gasteiger partial charge is 0.264 e. The summed E-state index contributed by atoms with van der Waals surface area (Å²) >= 11 is 6.55. The van der Waals surface area contributed by atoms with E-state index in [1.165, 1.54) is 36.0 Å². The molecule has 8 nitrogen and oxygen atoms in total. The summed E-state index contributed by atoms with van der Waals surface area (Å²) in [6.07, 6.45) is 0.0247. The quantitative estimate of drug-likeness (QED) is 0.521. The van der Waals surface area contributed by atoms with Crippen molar-refractivity contribution in [1.29, 1.82) is 0 Å². The van der Waals surface area contributed by atoms with Crippen LogP contribution in [0, 0.1) is 0 Å². The van der Waals surface area contributed by atoms with Crippen LogP contribution in [0.5, 0.6) is 0 Å². The second-order valence-corrected chi connectivity index (χ2v) is 9.49. The molecule has 1 aromatic rings. The molecule has 1 aromatic carbocycles. The van der Waals surface area contributed by atoms with Crippen molar-refractivity contribution >= 4 is 61.7 Å². The fraction of sp³-hybridized carbons (Fsp3) is 0.412. The van der Waals surface area contributed by atoms with Crippen LogP contribution in [0.25, 0.3) is 0 Å². The van der Waals surface area contributed by atoms with Crippen LogP contribution >= 0.6 is 24.0 Å². The molecule has 11 heteroatoms. The highest BCUT2D eigenvalue weighted by Crippen LogP contribution is 2.31. The van der Waals surface area contributed by atoms with E-state index in [2.05, 4.69) is 0 Å². The van der Waals surface area contributed by atoms with Gasteiger partial charge in [0, 0.05) is 26.4 Å². The van der Waals surface area contributed by atoms with E-state index in [1.807, 2.05) is 23.5 Å². The molecule has 28 heavy (non-hydrogen) atoms. The number of nitrogens with one attached hydrogen (secondary N) is 1.